The molecule has 0 aromatic carbocycles. The number of aromatic nitrogens is 3. The molecular weight excluding hydrogens is 264 g/mol. The number of methoxy groups -OCH3 is 1. The largest absolute Gasteiger partial charge is 0.481 e. The van der Waals surface area contributed by atoms with E-state index in [1.807, 2.05) is 24.5 Å². The summed E-state index contributed by atoms with van der Waals surface area (Å²) in [6, 6.07) is 3.98. The van der Waals surface area contributed by atoms with Crippen LogP contribution in [0.15, 0.2) is 30.7 Å². The SMILES string of the molecule is CCCNC(c1cccnc1OC)c1nccn1CCC. The van der Waals surface area contributed by atoms with Crippen LogP contribution in [0.25, 0.3) is 0 Å². The first-order valence-corrected chi connectivity index (χ1v) is 7.55. The Bertz CT molecular complexity index is 553. The summed E-state index contributed by atoms with van der Waals surface area (Å²) in [6.45, 7) is 6.20. The fourth-order valence-electron chi connectivity index (χ4n) is 2.43. The van der Waals surface area contributed by atoms with Gasteiger partial charge in [-0.05, 0) is 25.5 Å². The van der Waals surface area contributed by atoms with Crippen LogP contribution in [0.2, 0.25) is 0 Å². The number of rotatable bonds is 8. The minimum absolute atomic E-state index is 0.00449. The van der Waals surface area contributed by atoms with E-state index in [0.717, 1.165) is 37.3 Å². The summed E-state index contributed by atoms with van der Waals surface area (Å²) in [5, 5.41) is 3.56. The predicted molar refractivity (Wildman–Crippen MR) is 83.4 cm³/mol. The van der Waals surface area contributed by atoms with E-state index in [0.29, 0.717) is 5.88 Å². The third-order valence-electron chi connectivity index (χ3n) is 3.37. The first kappa shape index (κ1) is 15.5. The van der Waals surface area contributed by atoms with Gasteiger partial charge in [0.05, 0.1) is 13.2 Å². The molecule has 1 unspecified atom stereocenters. The van der Waals surface area contributed by atoms with Gasteiger partial charge in [0, 0.05) is 30.7 Å². The van der Waals surface area contributed by atoms with Crippen molar-refractivity contribution in [1.82, 2.24) is 19.9 Å². The predicted octanol–water partition coefficient (Wildman–Crippen LogP) is 2.79. The molecular formula is C16H24N4O. The summed E-state index contributed by atoms with van der Waals surface area (Å²) < 4.78 is 7.61. The normalized spacial score (nSPS) is 12.3. The Hall–Kier alpha value is -1.88. The Morgan fingerprint density at radius 2 is 2.10 bits per heavy atom. The smallest absolute Gasteiger partial charge is 0.218 e. The Morgan fingerprint density at radius 1 is 1.24 bits per heavy atom. The summed E-state index contributed by atoms with van der Waals surface area (Å²) in [7, 11) is 1.65. The van der Waals surface area contributed by atoms with Gasteiger partial charge in [-0.15, -0.1) is 0 Å². The molecule has 2 rings (SSSR count). The van der Waals surface area contributed by atoms with Gasteiger partial charge in [-0.1, -0.05) is 19.9 Å². The minimum Gasteiger partial charge on any atom is -0.481 e. The van der Waals surface area contributed by atoms with Gasteiger partial charge in [-0.2, -0.15) is 0 Å². The molecule has 114 valence electrons. The van der Waals surface area contributed by atoms with E-state index in [1.165, 1.54) is 0 Å². The molecule has 0 aliphatic rings. The summed E-state index contributed by atoms with van der Waals surface area (Å²) in [5.74, 6) is 1.66. The molecule has 0 aliphatic heterocycles. The number of hydrogen-bond acceptors (Lipinski definition) is 4. The van der Waals surface area contributed by atoms with Crippen molar-refractivity contribution in [2.45, 2.75) is 39.3 Å². The molecule has 5 nitrogen and oxygen atoms in total. The molecule has 1 N–H and O–H groups in total. The number of hydrogen-bond donors (Lipinski definition) is 1. The maximum absolute atomic E-state index is 5.42. The van der Waals surface area contributed by atoms with Crippen molar-refractivity contribution in [1.29, 1.82) is 0 Å². The third kappa shape index (κ3) is 3.61. The second-order valence-corrected chi connectivity index (χ2v) is 4.97. The van der Waals surface area contributed by atoms with E-state index in [1.54, 1.807) is 13.3 Å². The average Bonchev–Trinajstić information content (AvgIpc) is 2.97. The van der Waals surface area contributed by atoms with Gasteiger partial charge in [0.15, 0.2) is 0 Å². The minimum atomic E-state index is -0.00449. The lowest BCUT2D eigenvalue weighted by molar-refractivity contribution is 0.384. The zero-order chi connectivity index (χ0) is 15.1. The van der Waals surface area contributed by atoms with Gasteiger partial charge in [0.2, 0.25) is 5.88 Å². The van der Waals surface area contributed by atoms with Crippen LogP contribution in [-0.4, -0.2) is 28.2 Å². The van der Waals surface area contributed by atoms with Crippen molar-refractivity contribution in [3.05, 3.63) is 42.1 Å². The highest BCUT2D eigenvalue weighted by Gasteiger charge is 2.22. The summed E-state index contributed by atoms with van der Waals surface area (Å²) in [4.78, 5) is 8.87. The lowest BCUT2D eigenvalue weighted by atomic mass is 10.1. The van der Waals surface area contributed by atoms with Crippen LogP contribution in [0.3, 0.4) is 0 Å². The van der Waals surface area contributed by atoms with E-state index in [4.69, 9.17) is 4.74 Å². The highest BCUT2D eigenvalue weighted by Crippen LogP contribution is 2.27. The monoisotopic (exact) mass is 288 g/mol. The number of imidazole rings is 1. The molecule has 0 radical (unpaired) electrons. The van der Waals surface area contributed by atoms with Gasteiger partial charge < -0.3 is 14.6 Å². The molecule has 5 heteroatoms. The topological polar surface area (TPSA) is 52.0 Å². The highest BCUT2D eigenvalue weighted by molar-refractivity contribution is 5.33. The van der Waals surface area contributed by atoms with Gasteiger partial charge >= 0.3 is 0 Å². The molecule has 2 aromatic rings. The summed E-state index contributed by atoms with van der Waals surface area (Å²) in [5.41, 5.74) is 1.03. The van der Waals surface area contributed by atoms with Crippen LogP contribution in [-0.2, 0) is 6.54 Å². The Balaban J connectivity index is 2.40. The number of aryl methyl sites for hydroxylation is 1. The van der Waals surface area contributed by atoms with Crippen molar-refractivity contribution in [2.75, 3.05) is 13.7 Å². The van der Waals surface area contributed by atoms with Gasteiger partial charge in [0.25, 0.3) is 0 Å². The van der Waals surface area contributed by atoms with Crippen molar-refractivity contribution >= 4 is 0 Å². The Morgan fingerprint density at radius 3 is 2.81 bits per heavy atom. The highest BCUT2D eigenvalue weighted by atomic mass is 16.5. The number of pyridine rings is 1. The fourth-order valence-corrected chi connectivity index (χ4v) is 2.43. The maximum atomic E-state index is 5.42. The number of nitrogens with zero attached hydrogens (tertiary/aromatic N) is 3. The standard InChI is InChI=1S/C16H24N4O/c1-4-8-17-14(13-7-6-9-19-16(13)21-3)15-18-10-12-20(15)11-5-2/h6-7,9-10,12,14,17H,4-5,8,11H2,1-3H3. The maximum Gasteiger partial charge on any atom is 0.218 e. The van der Waals surface area contributed by atoms with Crippen LogP contribution in [0, 0.1) is 0 Å². The molecule has 0 aliphatic carbocycles. The fraction of sp³-hybridized carbons (Fsp3) is 0.500. The lowest BCUT2D eigenvalue weighted by Gasteiger charge is -2.21. The second-order valence-electron chi connectivity index (χ2n) is 4.97. The van der Waals surface area contributed by atoms with Crippen molar-refractivity contribution in [3.8, 4) is 5.88 Å². The van der Waals surface area contributed by atoms with Gasteiger partial charge in [-0.3, -0.25) is 0 Å². The summed E-state index contributed by atoms with van der Waals surface area (Å²) >= 11 is 0. The zero-order valence-corrected chi connectivity index (χ0v) is 13.0. The van der Waals surface area contributed by atoms with Crippen LogP contribution < -0.4 is 10.1 Å². The quantitative estimate of drug-likeness (QED) is 0.811. The first-order valence-electron chi connectivity index (χ1n) is 7.55. The number of ether oxygens (including phenoxy) is 1. The molecule has 0 amide bonds. The summed E-state index contributed by atoms with van der Waals surface area (Å²) in [6.07, 6.45) is 7.77. The molecule has 0 saturated heterocycles. The second kappa shape index (κ2) is 7.78. The molecule has 21 heavy (non-hydrogen) atoms. The molecule has 2 aromatic heterocycles. The van der Waals surface area contributed by atoms with Crippen LogP contribution in [0.4, 0.5) is 0 Å². The molecule has 0 bridgehead atoms. The van der Waals surface area contributed by atoms with Crippen LogP contribution in [0.1, 0.15) is 44.1 Å². The van der Waals surface area contributed by atoms with E-state index in [2.05, 4.69) is 33.7 Å². The van der Waals surface area contributed by atoms with Gasteiger partial charge in [0.1, 0.15) is 5.82 Å². The number of nitrogens with one attached hydrogen (secondary N) is 1. The zero-order valence-electron chi connectivity index (χ0n) is 13.0. The Labute approximate surface area is 126 Å². The molecule has 1 atom stereocenters. The molecule has 0 saturated carbocycles. The average molecular weight is 288 g/mol. The molecule has 0 fully saturated rings. The van der Waals surface area contributed by atoms with E-state index in [-0.39, 0.29) is 6.04 Å². The van der Waals surface area contributed by atoms with Crippen LogP contribution in [0.5, 0.6) is 5.88 Å². The lowest BCUT2D eigenvalue weighted by Crippen LogP contribution is -2.27. The molecule has 2 heterocycles. The van der Waals surface area contributed by atoms with Crippen molar-refractivity contribution in [2.24, 2.45) is 0 Å². The van der Waals surface area contributed by atoms with Gasteiger partial charge in [-0.25, -0.2) is 9.97 Å². The van der Waals surface area contributed by atoms with E-state index in [9.17, 15) is 0 Å². The first-order chi connectivity index (χ1) is 10.3. The van der Waals surface area contributed by atoms with Crippen LogP contribution >= 0.6 is 0 Å². The third-order valence-corrected chi connectivity index (χ3v) is 3.37. The van der Waals surface area contributed by atoms with E-state index >= 15 is 0 Å². The van der Waals surface area contributed by atoms with Crippen molar-refractivity contribution < 1.29 is 4.74 Å². The Kier molecular flexibility index (Phi) is 5.75. The van der Waals surface area contributed by atoms with E-state index < -0.39 is 0 Å². The van der Waals surface area contributed by atoms with Crippen molar-refractivity contribution in [3.63, 3.8) is 0 Å². The molecule has 0 spiro atoms.